The van der Waals surface area contributed by atoms with Gasteiger partial charge in [-0.1, -0.05) is 32.1 Å². The van der Waals surface area contributed by atoms with Crippen LogP contribution in [0.1, 0.15) is 57.1 Å². The highest BCUT2D eigenvalue weighted by Crippen LogP contribution is 2.29. The molecule has 0 aromatic heterocycles. The van der Waals surface area contributed by atoms with Crippen LogP contribution in [-0.4, -0.2) is 33.2 Å². The molecule has 0 bridgehead atoms. The highest BCUT2D eigenvalue weighted by Gasteiger charge is 2.15. The van der Waals surface area contributed by atoms with Gasteiger partial charge in [0.05, 0.1) is 20.8 Å². The van der Waals surface area contributed by atoms with E-state index in [0.29, 0.717) is 6.54 Å². The van der Waals surface area contributed by atoms with Crippen LogP contribution in [0.4, 0.5) is 0 Å². The standard InChI is InChI=1S/C20H32N2O3/c1-15(18-13-17(24-2)9-10-19(18)25-3)22-14-20(23)21-12-11-16-7-5-4-6-8-16/h9-10,13,15-16,22H,4-8,11-12,14H2,1-3H3,(H,21,23). The molecule has 0 saturated heterocycles. The fourth-order valence-electron chi connectivity index (χ4n) is 3.49. The molecule has 0 heterocycles. The Kier molecular flexibility index (Phi) is 8.06. The van der Waals surface area contributed by atoms with E-state index in [1.54, 1.807) is 14.2 Å². The third kappa shape index (κ3) is 6.24. The van der Waals surface area contributed by atoms with Crippen molar-refractivity contribution >= 4 is 5.91 Å². The van der Waals surface area contributed by atoms with Crippen molar-refractivity contribution < 1.29 is 14.3 Å². The van der Waals surface area contributed by atoms with E-state index in [1.807, 2.05) is 25.1 Å². The molecule has 1 unspecified atom stereocenters. The van der Waals surface area contributed by atoms with Crippen LogP contribution in [0.15, 0.2) is 18.2 Å². The van der Waals surface area contributed by atoms with Gasteiger partial charge in [-0.25, -0.2) is 0 Å². The molecule has 1 amide bonds. The topological polar surface area (TPSA) is 59.6 Å². The maximum Gasteiger partial charge on any atom is 0.233 e. The number of carbonyl (C=O) groups is 1. The first-order valence-corrected chi connectivity index (χ1v) is 9.36. The highest BCUT2D eigenvalue weighted by atomic mass is 16.5. The summed E-state index contributed by atoms with van der Waals surface area (Å²) in [5.41, 5.74) is 0.983. The third-order valence-corrected chi connectivity index (χ3v) is 5.07. The Hall–Kier alpha value is -1.75. The van der Waals surface area contributed by atoms with Gasteiger partial charge in [-0.2, -0.15) is 0 Å². The van der Waals surface area contributed by atoms with E-state index in [4.69, 9.17) is 9.47 Å². The smallest absolute Gasteiger partial charge is 0.233 e. The van der Waals surface area contributed by atoms with Crippen molar-refractivity contribution in [2.45, 2.75) is 51.5 Å². The van der Waals surface area contributed by atoms with Gasteiger partial charge < -0.3 is 20.1 Å². The molecule has 1 aliphatic rings. The molecule has 1 fully saturated rings. The normalized spacial score (nSPS) is 16.3. The molecule has 1 aromatic rings. The van der Waals surface area contributed by atoms with E-state index in [0.717, 1.165) is 35.9 Å². The Morgan fingerprint density at radius 3 is 2.64 bits per heavy atom. The first kappa shape index (κ1) is 19.6. The van der Waals surface area contributed by atoms with Crippen molar-refractivity contribution in [2.24, 2.45) is 5.92 Å². The van der Waals surface area contributed by atoms with Crippen molar-refractivity contribution in [2.75, 3.05) is 27.3 Å². The second kappa shape index (κ2) is 10.3. The van der Waals surface area contributed by atoms with Crippen molar-refractivity contribution in [3.05, 3.63) is 23.8 Å². The summed E-state index contributed by atoms with van der Waals surface area (Å²) in [5.74, 6) is 2.41. The Bertz CT molecular complexity index is 542. The summed E-state index contributed by atoms with van der Waals surface area (Å²) in [6.07, 6.45) is 7.81. The molecule has 2 rings (SSSR count). The van der Waals surface area contributed by atoms with Gasteiger partial charge in [0.1, 0.15) is 11.5 Å². The molecule has 5 heteroatoms. The van der Waals surface area contributed by atoms with Gasteiger partial charge in [0, 0.05) is 18.2 Å². The van der Waals surface area contributed by atoms with Gasteiger partial charge in [0.25, 0.3) is 0 Å². The summed E-state index contributed by atoms with van der Waals surface area (Å²) in [5, 5.41) is 6.30. The molecule has 0 spiro atoms. The second-order valence-corrected chi connectivity index (χ2v) is 6.85. The first-order valence-electron chi connectivity index (χ1n) is 9.36. The number of methoxy groups -OCH3 is 2. The van der Waals surface area contributed by atoms with Gasteiger partial charge in [-0.05, 0) is 37.5 Å². The largest absolute Gasteiger partial charge is 0.497 e. The zero-order chi connectivity index (χ0) is 18.1. The SMILES string of the molecule is COc1ccc(OC)c(C(C)NCC(=O)NCCC2CCCCC2)c1. The lowest BCUT2D eigenvalue weighted by Gasteiger charge is -2.21. The fraction of sp³-hybridized carbons (Fsp3) is 0.650. The summed E-state index contributed by atoms with van der Waals surface area (Å²) < 4.78 is 10.7. The summed E-state index contributed by atoms with van der Waals surface area (Å²) >= 11 is 0. The molecular weight excluding hydrogens is 316 g/mol. The molecule has 0 aliphatic heterocycles. The van der Waals surface area contributed by atoms with Gasteiger partial charge in [0.2, 0.25) is 5.91 Å². The average molecular weight is 348 g/mol. The number of ether oxygens (including phenoxy) is 2. The van der Waals surface area contributed by atoms with Crippen LogP contribution < -0.4 is 20.1 Å². The molecule has 0 radical (unpaired) electrons. The Balaban J connectivity index is 1.75. The van der Waals surface area contributed by atoms with Crippen LogP contribution in [0.5, 0.6) is 11.5 Å². The van der Waals surface area contributed by atoms with Crippen molar-refractivity contribution in [1.82, 2.24) is 10.6 Å². The summed E-state index contributed by atoms with van der Waals surface area (Å²) in [4.78, 5) is 12.1. The molecule has 1 atom stereocenters. The number of rotatable bonds is 9. The monoisotopic (exact) mass is 348 g/mol. The fourth-order valence-corrected chi connectivity index (χ4v) is 3.49. The minimum absolute atomic E-state index is 0.00542. The first-order chi connectivity index (χ1) is 12.1. The molecule has 5 nitrogen and oxygen atoms in total. The van der Waals surface area contributed by atoms with Crippen molar-refractivity contribution in [1.29, 1.82) is 0 Å². The van der Waals surface area contributed by atoms with Crippen LogP contribution >= 0.6 is 0 Å². The van der Waals surface area contributed by atoms with E-state index in [-0.39, 0.29) is 11.9 Å². The van der Waals surface area contributed by atoms with Crippen LogP contribution in [0.25, 0.3) is 0 Å². The van der Waals surface area contributed by atoms with E-state index < -0.39 is 0 Å². The number of hydrogen-bond acceptors (Lipinski definition) is 4. The predicted octanol–water partition coefficient (Wildman–Crippen LogP) is 3.44. The number of benzene rings is 1. The maximum absolute atomic E-state index is 12.1. The predicted molar refractivity (Wildman–Crippen MR) is 100 cm³/mol. The van der Waals surface area contributed by atoms with Crippen molar-refractivity contribution in [3.8, 4) is 11.5 Å². The number of carbonyl (C=O) groups excluding carboxylic acids is 1. The van der Waals surface area contributed by atoms with Crippen molar-refractivity contribution in [3.63, 3.8) is 0 Å². The van der Waals surface area contributed by atoms with E-state index in [9.17, 15) is 4.79 Å². The minimum atomic E-state index is -0.00542. The molecule has 140 valence electrons. The Morgan fingerprint density at radius 2 is 1.96 bits per heavy atom. The summed E-state index contributed by atoms with van der Waals surface area (Å²) in [6, 6.07) is 5.69. The van der Waals surface area contributed by atoms with Gasteiger partial charge in [0.15, 0.2) is 0 Å². The Morgan fingerprint density at radius 1 is 1.20 bits per heavy atom. The van der Waals surface area contributed by atoms with Gasteiger partial charge in [-0.15, -0.1) is 0 Å². The van der Waals surface area contributed by atoms with Crippen LogP contribution in [-0.2, 0) is 4.79 Å². The molecular formula is C20H32N2O3. The minimum Gasteiger partial charge on any atom is -0.497 e. The van der Waals surface area contributed by atoms with Crippen LogP contribution in [0, 0.1) is 5.92 Å². The van der Waals surface area contributed by atoms with E-state index in [2.05, 4.69) is 10.6 Å². The van der Waals surface area contributed by atoms with E-state index in [1.165, 1.54) is 32.1 Å². The lowest BCUT2D eigenvalue weighted by Crippen LogP contribution is -2.36. The lowest BCUT2D eigenvalue weighted by molar-refractivity contribution is -0.120. The summed E-state index contributed by atoms with van der Waals surface area (Å²) in [6.45, 7) is 3.10. The number of nitrogens with one attached hydrogen (secondary N) is 2. The summed E-state index contributed by atoms with van der Waals surface area (Å²) in [7, 11) is 3.29. The molecule has 1 aliphatic carbocycles. The van der Waals surface area contributed by atoms with Crippen LogP contribution in [0.2, 0.25) is 0 Å². The lowest BCUT2D eigenvalue weighted by atomic mass is 9.87. The zero-order valence-corrected chi connectivity index (χ0v) is 15.8. The molecule has 2 N–H and O–H groups in total. The molecule has 1 aromatic carbocycles. The zero-order valence-electron chi connectivity index (χ0n) is 15.8. The molecule has 25 heavy (non-hydrogen) atoms. The van der Waals surface area contributed by atoms with Gasteiger partial charge >= 0.3 is 0 Å². The van der Waals surface area contributed by atoms with Crippen LogP contribution in [0.3, 0.4) is 0 Å². The average Bonchev–Trinajstić information content (AvgIpc) is 2.66. The highest BCUT2D eigenvalue weighted by molar-refractivity contribution is 5.78. The van der Waals surface area contributed by atoms with Gasteiger partial charge in [-0.3, -0.25) is 4.79 Å². The maximum atomic E-state index is 12.1. The second-order valence-electron chi connectivity index (χ2n) is 6.85. The quantitative estimate of drug-likeness (QED) is 0.718. The molecule has 1 saturated carbocycles. The third-order valence-electron chi connectivity index (χ3n) is 5.07. The number of hydrogen-bond donors (Lipinski definition) is 2. The Labute approximate surface area is 151 Å². The van der Waals surface area contributed by atoms with E-state index >= 15 is 0 Å². The number of amides is 1.